The van der Waals surface area contributed by atoms with E-state index in [1.165, 1.54) is 11.1 Å². The third-order valence-corrected chi connectivity index (χ3v) is 6.33. The van der Waals surface area contributed by atoms with E-state index in [1.807, 2.05) is 36.4 Å². The molecule has 2 atom stereocenters. The molecule has 0 radical (unpaired) electrons. The standard InChI is InChI=1S/C24H32N4O2/c1-3-17-4-6-19(7-5-17)24(29)25-20-12-14-28(15-13-20)23-16-22(26-27-23)18-8-10-21(30-2)11-9-18/h4-11,20,22-23,26-27H,3,12-16H2,1-2H3,(H,25,29). The highest BCUT2D eigenvalue weighted by Gasteiger charge is 2.32. The lowest BCUT2D eigenvalue weighted by Crippen LogP contribution is -2.51. The number of carbonyl (C=O) groups excluding carboxylic acids is 1. The number of amides is 1. The van der Waals surface area contributed by atoms with E-state index in [9.17, 15) is 4.79 Å². The van der Waals surface area contributed by atoms with Crippen LogP contribution < -0.4 is 20.9 Å². The van der Waals surface area contributed by atoms with E-state index in [4.69, 9.17) is 4.74 Å². The van der Waals surface area contributed by atoms with Gasteiger partial charge in [0, 0.05) is 30.7 Å². The lowest BCUT2D eigenvalue weighted by atomic mass is 10.0. The molecular formula is C24H32N4O2. The zero-order valence-corrected chi connectivity index (χ0v) is 17.9. The number of nitrogens with one attached hydrogen (secondary N) is 3. The fourth-order valence-corrected chi connectivity index (χ4v) is 4.35. The zero-order valence-electron chi connectivity index (χ0n) is 17.9. The average molecular weight is 409 g/mol. The maximum absolute atomic E-state index is 12.5. The molecule has 2 saturated heterocycles. The van der Waals surface area contributed by atoms with Crippen LogP contribution in [0.2, 0.25) is 0 Å². The average Bonchev–Trinajstić information content (AvgIpc) is 3.30. The van der Waals surface area contributed by atoms with Gasteiger partial charge in [0.15, 0.2) is 0 Å². The van der Waals surface area contributed by atoms with Gasteiger partial charge in [-0.1, -0.05) is 31.2 Å². The van der Waals surface area contributed by atoms with Crippen LogP contribution in [0.5, 0.6) is 5.75 Å². The molecule has 0 aliphatic carbocycles. The molecule has 2 unspecified atom stereocenters. The molecule has 2 heterocycles. The van der Waals surface area contributed by atoms with E-state index in [2.05, 4.69) is 40.1 Å². The molecule has 2 fully saturated rings. The second-order valence-corrected chi connectivity index (χ2v) is 8.20. The van der Waals surface area contributed by atoms with Crippen molar-refractivity contribution in [3.05, 3.63) is 65.2 Å². The molecule has 1 amide bonds. The number of hydrogen-bond donors (Lipinski definition) is 3. The van der Waals surface area contributed by atoms with Gasteiger partial charge in [-0.15, -0.1) is 0 Å². The molecule has 2 aromatic carbocycles. The summed E-state index contributed by atoms with van der Waals surface area (Å²) in [4.78, 5) is 15.0. The van der Waals surface area contributed by atoms with Crippen LogP contribution in [0.4, 0.5) is 0 Å². The minimum absolute atomic E-state index is 0.0383. The Bertz CT molecular complexity index is 829. The fourth-order valence-electron chi connectivity index (χ4n) is 4.35. The Balaban J connectivity index is 1.24. The van der Waals surface area contributed by atoms with Crippen LogP contribution in [-0.2, 0) is 6.42 Å². The summed E-state index contributed by atoms with van der Waals surface area (Å²) in [7, 11) is 1.69. The first kappa shape index (κ1) is 20.8. The summed E-state index contributed by atoms with van der Waals surface area (Å²) >= 11 is 0. The SMILES string of the molecule is CCc1ccc(C(=O)NC2CCN(C3CC(c4ccc(OC)cc4)NN3)CC2)cc1. The van der Waals surface area contributed by atoms with Crippen molar-refractivity contribution in [2.24, 2.45) is 0 Å². The van der Waals surface area contributed by atoms with Crippen molar-refractivity contribution in [2.45, 2.75) is 50.9 Å². The predicted octanol–water partition coefficient (Wildman–Crippen LogP) is 3.02. The summed E-state index contributed by atoms with van der Waals surface area (Å²) in [6.45, 7) is 4.08. The van der Waals surface area contributed by atoms with Crippen molar-refractivity contribution in [1.29, 1.82) is 0 Å². The van der Waals surface area contributed by atoms with E-state index < -0.39 is 0 Å². The first-order valence-electron chi connectivity index (χ1n) is 10.9. The highest BCUT2D eigenvalue weighted by Crippen LogP contribution is 2.27. The Morgan fingerprint density at radius 1 is 1.07 bits per heavy atom. The van der Waals surface area contributed by atoms with Gasteiger partial charge in [0.2, 0.25) is 0 Å². The van der Waals surface area contributed by atoms with Gasteiger partial charge in [0.1, 0.15) is 5.75 Å². The molecule has 30 heavy (non-hydrogen) atoms. The lowest BCUT2D eigenvalue weighted by molar-refractivity contribution is 0.0880. The molecule has 0 saturated carbocycles. The van der Waals surface area contributed by atoms with Gasteiger partial charge in [0.25, 0.3) is 5.91 Å². The number of methoxy groups -OCH3 is 1. The van der Waals surface area contributed by atoms with E-state index in [-0.39, 0.29) is 11.9 Å². The number of hydrazine groups is 1. The van der Waals surface area contributed by atoms with Crippen LogP contribution in [0.3, 0.4) is 0 Å². The first-order chi connectivity index (χ1) is 14.7. The summed E-state index contributed by atoms with van der Waals surface area (Å²) < 4.78 is 5.25. The summed E-state index contributed by atoms with van der Waals surface area (Å²) in [6, 6.07) is 16.7. The van der Waals surface area contributed by atoms with Crippen LogP contribution in [0.15, 0.2) is 48.5 Å². The van der Waals surface area contributed by atoms with E-state index >= 15 is 0 Å². The molecule has 2 aliphatic heterocycles. The second-order valence-electron chi connectivity index (χ2n) is 8.20. The monoisotopic (exact) mass is 408 g/mol. The fraction of sp³-hybridized carbons (Fsp3) is 0.458. The van der Waals surface area contributed by atoms with Gasteiger partial charge in [-0.25, -0.2) is 10.9 Å². The van der Waals surface area contributed by atoms with E-state index in [1.54, 1.807) is 7.11 Å². The molecule has 160 valence electrons. The van der Waals surface area contributed by atoms with Gasteiger partial charge in [-0.3, -0.25) is 9.69 Å². The summed E-state index contributed by atoms with van der Waals surface area (Å²) in [6.07, 6.45) is 4.28. The third-order valence-electron chi connectivity index (χ3n) is 6.33. The van der Waals surface area contributed by atoms with Crippen LogP contribution in [0, 0.1) is 0 Å². The maximum Gasteiger partial charge on any atom is 0.251 e. The van der Waals surface area contributed by atoms with Crippen molar-refractivity contribution in [3.8, 4) is 5.75 Å². The molecule has 3 N–H and O–H groups in total. The predicted molar refractivity (Wildman–Crippen MR) is 118 cm³/mol. The number of ether oxygens (including phenoxy) is 1. The smallest absolute Gasteiger partial charge is 0.251 e. The Morgan fingerprint density at radius 2 is 1.77 bits per heavy atom. The maximum atomic E-state index is 12.5. The largest absolute Gasteiger partial charge is 0.497 e. The molecular weight excluding hydrogens is 376 g/mol. The van der Waals surface area contributed by atoms with Crippen molar-refractivity contribution in [1.82, 2.24) is 21.1 Å². The zero-order chi connectivity index (χ0) is 20.9. The first-order valence-corrected chi connectivity index (χ1v) is 10.9. The van der Waals surface area contributed by atoms with Crippen molar-refractivity contribution in [2.75, 3.05) is 20.2 Å². The van der Waals surface area contributed by atoms with E-state index in [0.717, 1.165) is 50.1 Å². The van der Waals surface area contributed by atoms with Crippen LogP contribution in [0.1, 0.15) is 53.7 Å². The summed E-state index contributed by atoms with van der Waals surface area (Å²) in [5.74, 6) is 0.919. The Kier molecular flexibility index (Phi) is 6.67. The quantitative estimate of drug-likeness (QED) is 0.686. The molecule has 2 aliphatic rings. The van der Waals surface area contributed by atoms with Crippen molar-refractivity contribution >= 4 is 5.91 Å². The van der Waals surface area contributed by atoms with Gasteiger partial charge >= 0.3 is 0 Å². The summed E-state index contributed by atoms with van der Waals surface area (Å²) in [5.41, 5.74) is 10.2. The number of nitrogens with zero attached hydrogens (tertiary/aromatic N) is 1. The van der Waals surface area contributed by atoms with Crippen LogP contribution in [-0.4, -0.2) is 43.2 Å². The number of benzene rings is 2. The molecule has 4 rings (SSSR count). The number of rotatable bonds is 6. The normalized spacial score (nSPS) is 22.7. The van der Waals surface area contributed by atoms with Gasteiger partial charge in [0.05, 0.1) is 13.3 Å². The van der Waals surface area contributed by atoms with Crippen LogP contribution in [0.25, 0.3) is 0 Å². The lowest BCUT2D eigenvalue weighted by Gasteiger charge is -2.35. The van der Waals surface area contributed by atoms with Gasteiger partial charge in [-0.2, -0.15) is 0 Å². The van der Waals surface area contributed by atoms with Gasteiger partial charge in [-0.05, 0) is 61.1 Å². The number of carbonyl (C=O) groups is 1. The molecule has 0 bridgehead atoms. The molecule has 2 aromatic rings. The van der Waals surface area contributed by atoms with Gasteiger partial charge < -0.3 is 10.1 Å². The van der Waals surface area contributed by atoms with Crippen molar-refractivity contribution in [3.63, 3.8) is 0 Å². The number of hydrogen-bond acceptors (Lipinski definition) is 5. The highest BCUT2D eigenvalue weighted by molar-refractivity contribution is 5.94. The molecule has 0 spiro atoms. The van der Waals surface area contributed by atoms with Crippen LogP contribution >= 0.6 is 0 Å². The molecule has 6 heteroatoms. The third kappa shape index (κ3) is 4.83. The van der Waals surface area contributed by atoms with E-state index in [0.29, 0.717) is 12.2 Å². The highest BCUT2D eigenvalue weighted by atomic mass is 16.5. The number of piperidine rings is 1. The summed E-state index contributed by atoms with van der Waals surface area (Å²) in [5, 5.41) is 3.22. The minimum Gasteiger partial charge on any atom is -0.497 e. The number of likely N-dealkylation sites (tertiary alicyclic amines) is 1. The minimum atomic E-state index is 0.0383. The second kappa shape index (κ2) is 9.60. The Labute approximate surface area is 179 Å². The topological polar surface area (TPSA) is 65.6 Å². The number of aryl methyl sites for hydroxylation is 1. The molecule has 6 nitrogen and oxygen atoms in total. The molecule has 0 aromatic heterocycles. The Morgan fingerprint density at radius 3 is 2.40 bits per heavy atom. The van der Waals surface area contributed by atoms with Crippen molar-refractivity contribution < 1.29 is 9.53 Å². The Hall–Kier alpha value is -2.41.